The maximum atomic E-state index is 12.3. The van der Waals surface area contributed by atoms with E-state index in [1.165, 1.54) is 0 Å². The minimum atomic E-state index is 0.0696. The van der Waals surface area contributed by atoms with Crippen molar-refractivity contribution in [3.05, 3.63) is 53.9 Å². The number of ketones is 1. The molecule has 2 aromatic rings. The molecule has 0 unspecified atom stereocenters. The molecule has 3 rings (SSSR count). The minimum Gasteiger partial charge on any atom is -0.345 e. The number of nitrogens with zero attached hydrogens (tertiary/aromatic N) is 1. The number of fused-ring (bicyclic) bond motifs is 1. The summed E-state index contributed by atoms with van der Waals surface area (Å²) in [5, 5.41) is 0.886. The van der Waals surface area contributed by atoms with Crippen molar-refractivity contribution < 1.29 is 4.79 Å². The van der Waals surface area contributed by atoms with E-state index in [9.17, 15) is 4.79 Å². The highest BCUT2D eigenvalue weighted by atomic mass is 16.1. The van der Waals surface area contributed by atoms with Crippen molar-refractivity contribution in [1.29, 1.82) is 0 Å². The number of allylic oxidation sites excluding steroid dienone is 4. The van der Waals surface area contributed by atoms with E-state index in [-0.39, 0.29) is 5.78 Å². The zero-order valence-corrected chi connectivity index (χ0v) is 9.31. The quantitative estimate of drug-likeness (QED) is 0.797. The molecule has 3 heteroatoms. The van der Waals surface area contributed by atoms with E-state index in [0.29, 0.717) is 5.56 Å². The molecule has 0 saturated carbocycles. The zero-order valence-electron chi connectivity index (χ0n) is 9.31. The van der Waals surface area contributed by atoms with Gasteiger partial charge in [0, 0.05) is 28.9 Å². The first-order valence-electron chi connectivity index (χ1n) is 5.70. The van der Waals surface area contributed by atoms with Crippen molar-refractivity contribution >= 4 is 16.8 Å². The van der Waals surface area contributed by atoms with Gasteiger partial charge in [-0.1, -0.05) is 18.2 Å². The molecule has 0 aromatic carbocycles. The Hall–Kier alpha value is -2.16. The molecule has 0 amide bonds. The number of carbonyl (C=O) groups is 1. The highest BCUT2D eigenvalue weighted by Gasteiger charge is 2.15. The van der Waals surface area contributed by atoms with Gasteiger partial charge in [-0.25, -0.2) is 4.98 Å². The molecule has 2 aromatic heterocycles. The fourth-order valence-corrected chi connectivity index (χ4v) is 2.08. The van der Waals surface area contributed by atoms with E-state index in [4.69, 9.17) is 0 Å². The zero-order chi connectivity index (χ0) is 11.7. The third-order valence-corrected chi connectivity index (χ3v) is 2.95. The Morgan fingerprint density at radius 1 is 1.35 bits per heavy atom. The summed E-state index contributed by atoms with van der Waals surface area (Å²) in [6.07, 6.45) is 11.4. The molecule has 0 fully saturated rings. The highest BCUT2D eigenvalue weighted by molar-refractivity contribution is 6.17. The molecular formula is C14H12N2O. The van der Waals surface area contributed by atoms with E-state index in [2.05, 4.69) is 9.97 Å². The van der Waals surface area contributed by atoms with Crippen LogP contribution in [0.3, 0.4) is 0 Å². The third kappa shape index (κ3) is 1.69. The highest BCUT2D eigenvalue weighted by Crippen LogP contribution is 2.21. The summed E-state index contributed by atoms with van der Waals surface area (Å²) >= 11 is 0. The van der Waals surface area contributed by atoms with E-state index < -0.39 is 0 Å². The molecule has 0 saturated heterocycles. The van der Waals surface area contributed by atoms with E-state index in [1.54, 1.807) is 12.4 Å². The number of aromatic nitrogens is 2. The summed E-state index contributed by atoms with van der Waals surface area (Å²) in [5.74, 6) is 0.0696. The maximum absolute atomic E-state index is 12.3. The molecule has 0 spiro atoms. The summed E-state index contributed by atoms with van der Waals surface area (Å²) in [7, 11) is 0. The van der Waals surface area contributed by atoms with Crippen molar-refractivity contribution in [3.8, 4) is 0 Å². The fourth-order valence-electron chi connectivity index (χ4n) is 2.08. The number of aromatic amines is 1. The number of Topliss-reactive ketones (excluding diaryl/α,β-unsaturated/α-hetero) is 1. The average molecular weight is 224 g/mol. The number of H-pyrrole nitrogens is 1. The molecule has 1 N–H and O–H groups in total. The van der Waals surface area contributed by atoms with Crippen LogP contribution < -0.4 is 0 Å². The van der Waals surface area contributed by atoms with Crippen molar-refractivity contribution in [2.45, 2.75) is 12.8 Å². The van der Waals surface area contributed by atoms with Crippen LogP contribution in [0.15, 0.2) is 48.3 Å². The SMILES string of the molecule is O=C(C1=CCCC=C1)c1c[nH]c2ncccc12. The molecule has 3 nitrogen and oxygen atoms in total. The van der Waals surface area contributed by atoms with Gasteiger partial charge < -0.3 is 4.98 Å². The standard InChI is InChI=1S/C14H12N2O/c17-13(10-5-2-1-3-6-10)12-9-16-14-11(12)7-4-8-15-14/h2,4-9H,1,3H2,(H,15,16). The summed E-state index contributed by atoms with van der Waals surface area (Å²) in [6.45, 7) is 0. The molecule has 2 heterocycles. The molecule has 0 aliphatic heterocycles. The summed E-state index contributed by atoms with van der Waals surface area (Å²) < 4.78 is 0. The van der Waals surface area contributed by atoms with Crippen LogP contribution >= 0.6 is 0 Å². The first kappa shape index (κ1) is 10.0. The first-order chi connectivity index (χ1) is 8.36. The molecule has 1 aliphatic rings. The monoisotopic (exact) mass is 224 g/mol. The molecule has 17 heavy (non-hydrogen) atoms. The van der Waals surface area contributed by atoms with Gasteiger partial charge in [0.15, 0.2) is 5.78 Å². The number of hydrogen-bond donors (Lipinski definition) is 1. The first-order valence-corrected chi connectivity index (χ1v) is 5.70. The van der Waals surface area contributed by atoms with Gasteiger partial charge in [-0.2, -0.15) is 0 Å². The lowest BCUT2D eigenvalue weighted by Gasteiger charge is -2.04. The van der Waals surface area contributed by atoms with Crippen LogP contribution in [0.2, 0.25) is 0 Å². The summed E-state index contributed by atoms with van der Waals surface area (Å²) in [4.78, 5) is 19.5. The van der Waals surface area contributed by atoms with E-state index in [0.717, 1.165) is 29.4 Å². The van der Waals surface area contributed by atoms with Crippen molar-refractivity contribution in [3.63, 3.8) is 0 Å². The van der Waals surface area contributed by atoms with Crippen molar-refractivity contribution in [1.82, 2.24) is 9.97 Å². The Morgan fingerprint density at radius 3 is 3.12 bits per heavy atom. The van der Waals surface area contributed by atoms with Gasteiger partial charge in [0.2, 0.25) is 0 Å². The van der Waals surface area contributed by atoms with Gasteiger partial charge in [0.05, 0.1) is 0 Å². The summed E-state index contributed by atoms with van der Waals surface area (Å²) in [5.41, 5.74) is 2.24. The van der Waals surface area contributed by atoms with Crippen LogP contribution in [-0.2, 0) is 0 Å². The predicted octanol–water partition coefficient (Wildman–Crippen LogP) is 3.02. The number of hydrogen-bond acceptors (Lipinski definition) is 2. The number of carbonyl (C=O) groups excluding carboxylic acids is 1. The Kier molecular flexibility index (Phi) is 2.37. The van der Waals surface area contributed by atoms with Crippen LogP contribution in [0.4, 0.5) is 0 Å². The summed E-state index contributed by atoms with van der Waals surface area (Å²) in [6, 6.07) is 3.76. The number of rotatable bonds is 2. The Balaban J connectivity index is 2.07. The Bertz CT molecular complexity index is 634. The maximum Gasteiger partial charge on any atom is 0.194 e. The molecule has 1 aliphatic carbocycles. The minimum absolute atomic E-state index is 0.0696. The van der Waals surface area contributed by atoms with Gasteiger partial charge >= 0.3 is 0 Å². The van der Waals surface area contributed by atoms with E-state index >= 15 is 0 Å². The van der Waals surface area contributed by atoms with Gasteiger partial charge in [0.1, 0.15) is 5.65 Å². The Labute approximate surface area is 98.9 Å². The lowest BCUT2D eigenvalue weighted by molar-refractivity contribution is 0.103. The largest absolute Gasteiger partial charge is 0.345 e. The van der Waals surface area contributed by atoms with Crippen LogP contribution in [0.25, 0.3) is 11.0 Å². The third-order valence-electron chi connectivity index (χ3n) is 2.95. The van der Waals surface area contributed by atoms with Gasteiger partial charge in [-0.05, 0) is 25.0 Å². The van der Waals surface area contributed by atoms with Gasteiger partial charge in [-0.3, -0.25) is 4.79 Å². The molecule has 84 valence electrons. The smallest absolute Gasteiger partial charge is 0.194 e. The van der Waals surface area contributed by atoms with Crippen molar-refractivity contribution in [2.24, 2.45) is 0 Å². The van der Waals surface area contributed by atoms with Crippen molar-refractivity contribution in [2.75, 3.05) is 0 Å². The van der Waals surface area contributed by atoms with Gasteiger partial charge in [0.25, 0.3) is 0 Å². The second-order valence-electron chi connectivity index (χ2n) is 4.07. The predicted molar refractivity (Wildman–Crippen MR) is 66.9 cm³/mol. The lowest BCUT2D eigenvalue weighted by Crippen LogP contribution is -2.02. The van der Waals surface area contributed by atoms with Gasteiger partial charge in [-0.15, -0.1) is 0 Å². The van der Waals surface area contributed by atoms with Crippen LogP contribution in [0.1, 0.15) is 23.2 Å². The second kappa shape index (κ2) is 4.01. The fraction of sp³-hybridized carbons (Fsp3) is 0.143. The average Bonchev–Trinajstić information content (AvgIpc) is 2.83. The molecule has 0 radical (unpaired) electrons. The normalized spacial score (nSPS) is 14.9. The lowest BCUT2D eigenvalue weighted by atomic mass is 9.98. The number of nitrogens with one attached hydrogen (secondary N) is 1. The number of pyridine rings is 1. The molecular weight excluding hydrogens is 212 g/mol. The van der Waals surface area contributed by atoms with Crippen LogP contribution in [0.5, 0.6) is 0 Å². The van der Waals surface area contributed by atoms with Crippen LogP contribution in [0, 0.1) is 0 Å². The molecule has 0 bridgehead atoms. The molecule has 0 atom stereocenters. The Morgan fingerprint density at radius 2 is 2.29 bits per heavy atom. The second-order valence-corrected chi connectivity index (χ2v) is 4.07. The van der Waals surface area contributed by atoms with E-state index in [1.807, 2.05) is 30.4 Å². The van der Waals surface area contributed by atoms with Crippen LogP contribution in [-0.4, -0.2) is 15.8 Å². The topological polar surface area (TPSA) is 45.8 Å².